The van der Waals surface area contributed by atoms with Gasteiger partial charge in [-0.2, -0.15) is 18.4 Å². The van der Waals surface area contributed by atoms with Gasteiger partial charge in [0.15, 0.2) is 0 Å². The van der Waals surface area contributed by atoms with E-state index in [1.807, 2.05) is 0 Å². The van der Waals surface area contributed by atoms with Crippen molar-refractivity contribution in [1.29, 1.82) is 5.26 Å². The van der Waals surface area contributed by atoms with E-state index >= 15 is 0 Å². The van der Waals surface area contributed by atoms with E-state index in [-0.39, 0.29) is 0 Å². The molecule has 0 aliphatic rings. The molecule has 92 valence electrons. The predicted octanol–water partition coefficient (Wildman–Crippen LogP) is 3.25. The van der Waals surface area contributed by atoms with Crippen LogP contribution in [0.25, 0.3) is 0 Å². The minimum Gasteiger partial charge on any atom is -0.295 e. The lowest BCUT2D eigenvalue weighted by Gasteiger charge is -2.12. The number of rotatable bonds is 2. The molecule has 0 bridgehead atoms. The number of anilines is 1. The molecular weight excluding hydrogens is 243 g/mol. The van der Waals surface area contributed by atoms with Gasteiger partial charge in [0.25, 0.3) is 0 Å². The second-order valence-corrected chi connectivity index (χ2v) is 3.57. The van der Waals surface area contributed by atoms with Gasteiger partial charge in [-0.15, -0.1) is 0 Å². The molecule has 2 aromatic rings. The molecule has 0 aliphatic heterocycles. The molecule has 1 N–H and O–H groups in total. The minimum absolute atomic E-state index is 0.403. The van der Waals surface area contributed by atoms with Crippen LogP contribution < -0.4 is 5.43 Å². The molecular formula is C12H8F3N3. The maximum absolute atomic E-state index is 12.6. The van der Waals surface area contributed by atoms with Gasteiger partial charge in [-0.1, -0.05) is 0 Å². The maximum Gasteiger partial charge on any atom is 0.417 e. The van der Waals surface area contributed by atoms with Gasteiger partial charge in [0.1, 0.15) is 0 Å². The van der Waals surface area contributed by atoms with Crippen LogP contribution in [0.15, 0.2) is 42.7 Å². The fourth-order valence-corrected chi connectivity index (χ4v) is 1.51. The van der Waals surface area contributed by atoms with Crippen molar-refractivity contribution in [3.8, 4) is 6.07 Å². The van der Waals surface area contributed by atoms with Crippen LogP contribution in [0.2, 0.25) is 0 Å². The molecule has 6 heteroatoms. The minimum atomic E-state index is -4.52. The largest absolute Gasteiger partial charge is 0.417 e. The first kappa shape index (κ1) is 12.0. The van der Waals surface area contributed by atoms with Crippen molar-refractivity contribution in [2.24, 2.45) is 0 Å². The Kier molecular flexibility index (Phi) is 2.98. The van der Waals surface area contributed by atoms with Crippen molar-refractivity contribution < 1.29 is 13.2 Å². The summed E-state index contributed by atoms with van der Waals surface area (Å²) in [7, 11) is 0. The number of nitrogens with one attached hydrogen (secondary N) is 1. The standard InChI is InChI=1S/C12H8F3N3/c13-12(14,15)11-4-3-10(7-9(11)8-16)17-18-5-1-2-6-18/h1-7,17H. The molecule has 1 heterocycles. The SMILES string of the molecule is N#Cc1cc(Nn2cccc2)ccc1C(F)(F)F. The molecule has 1 aromatic carbocycles. The highest BCUT2D eigenvalue weighted by Crippen LogP contribution is 2.32. The van der Waals surface area contributed by atoms with Crippen LogP contribution in [0.1, 0.15) is 11.1 Å². The Balaban J connectivity index is 2.34. The summed E-state index contributed by atoms with van der Waals surface area (Å²) in [6.45, 7) is 0. The molecule has 0 unspecified atom stereocenters. The predicted molar refractivity (Wildman–Crippen MR) is 59.6 cm³/mol. The van der Waals surface area contributed by atoms with Crippen molar-refractivity contribution >= 4 is 5.69 Å². The van der Waals surface area contributed by atoms with Gasteiger partial charge in [0.05, 0.1) is 22.9 Å². The van der Waals surface area contributed by atoms with E-state index in [2.05, 4.69) is 5.43 Å². The average Bonchev–Trinajstić information content (AvgIpc) is 2.80. The third kappa shape index (κ3) is 2.46. The van der Waals surface area contributed by atoms with Crippen molar-refractivity contribution in [2.75, 3.05) is 5.43 Å². The molecule has 0 aliphatic carbocycles. The number of halogens is 3. The zero-order chi connectivity index (χ0) is 13.2. The Bertz CT molecular complexity index is 580. The highest BCUT2D eigenvalue weighted by atomic mass is 19.4. The van der Waals surface area contributed by atoms with Crippen molar-refractivity contribution in [3.05, 3.63) is 53.9 Å². The second-order valence-electron chi connectivity index (χ2n) is 3.57. The summed E-state index contributed by atoms with van der Waals surface area (Å²) in [4.78, 5) is 0. The third-order valence-corrected chi connectivity index (χ3v) is 2.31. The Labute approximate surface area is 101 Å². The smallest absolute Gasteiger partial charge is 0.295 e. The Morgan fingerprint density at radius 1 is 1.17 bits per heavy atom. The van der Waals surface area contributed by atoms with Gasteiger partial charge in [-0.05, 0) is 30.3 Å². The topological polar surface area (TPSA) is 40.8 Å². The van der Waals surface area contributed by atoms with Crippen LogP contribution in [-0.2, 0) is 6.18 Å². The summed E-state index contributed by atoms with van der Waals surface area (Å²) in [5, 5.41) is 8.75. The van der Waals surface area contributed by atoms with Crippen LogP contribution in [0.4, 0.5) is 18.9 Å². The first-order valence-corrected chi connectivity index (χ1v) is 5.02. The summed E-state index contributed by atoms with van der Waals surface area (Å²) in [5.74, 6) is 0. The van der Waals surface area contributed by atoms with E-state index in [1.54, 1.807) is 35.3 Å². The summed E-state index contributed by atoms with van der Waals surface area (Å²) < 4.78 is 39.3. The van der Waals surface area contributed by atoms with Gasteiger partial charge in [-0.25, -0.2) is 0 Å². The van der Waals surface area contributed by atoms with Crippen LogP contribution >= 0.6 is 0 Å². The lowest BCUT2D eigenvalue weighted by molar-refractivity contribution is -0.137. The zero-order valence-electron chi connectivity index (χ0n) is 9.07. The molecule has 0 saturated carbocycles. The molecule has 0 amide bonds. The van der Waals surface area contributed by atoms with Gasteiger partial charge in [0, 0.05) is 12.4 Å². The van der Waals surface area contributed by atoms with E-state index in [0.717, 1.165) is 6.07 Å². The molecule has 1 aromatic heterocycles. The van der Waals surface area contributed by atoms with E-state index in [4.69, 9.17) is 5.26 Å². The summed E-state index contributed by atoms with van der Waals surface area (Å²) in [6.07, 6.45) is -1.12. The fourth-order valence-electron chi connectivity index (χ4n) is 1.51. The number of benzene rings is 1. The van der Waals surface area contributed by atoms with Gasteiger partial charge >= 0.3 is 6.18 Å². The average molecular weight is 251 g/mol. The van der Waals surface area contributed by atoms with Crippen LogP contribution in [0.5, 0.6) is 0 Å². The number of nitrogens with zero attached hydrogens (tertiary/aromatic N) is 2. The summed E-state index contributed by atoms with van der Waals surface area (Å²) in [6, 6.07) is 8.43. The Morgan fingerprint density at radius 2 is 1.83 bits per heavy atom. The van der Waals surface area contributed by atoms with E-state index in [1.165, 1.54) is 12.1 Å². The van der Waals surface area contributed by atoms with Crippen molar-refractivity contribution in [3.63, 3.8) is 0 Å². The monoisotopic (exact) mass is 251 g/mol. The third-order valence-electron chi connectivity index (χ3n) is 2.31. The zero-order valence-corrected chi connectivity index (χ0v) is 9.07. The maximum atomic E-state index is 12.6. The fraction of sp³-hybridized carbons (Fsp3) is 0.0833. The van der Waals surface area contributed by atoms with Crippen LogP contribution in [-0.4, -0.2) is 4.68 Å². The van der Waals surface area contributed by atoms with Crippen LogP contribution in [0, 0.1) is 11.3 Å². The van der Waals surface area contributed by atoms with Crippen molar-refractivity contribution in [1.82, 2.24) is 4.68 Å². The lowest BCUT2D eigenvalue weighted by Crippen LogP contribution is -2.10. The molecule has 3 nitrogen and oxygen atoms in total. The van der Waals surface area contributed by atoms with E-state index < -0.39 is 17.3 Å². The van der Waals surface area contributed by atoms with E-state index in [9.17, 15) is 13.2 Å². The Morgan fingerprint density at radius 3 is 2.39 bits per heavy atom. The van der Waals surface area contributed by atoms with E-state index in [0.29, 0.717) is 5.69 Å². The number of nitriles is 1. The van der Waals surface area contributed by atoms with Crippen LogP contribution in [0.3, 0.4) is 0 Å². The highest BCUT2D eigenvalue weighted by molar-refractivity contribution is 5.53. The van der Waals surface area contributed by atoms with Crippen molar-refractivity contribution in [2.45, 2.75) is 6.18 Å². The normalized spacial score (nSPS) is 11.0. The Hall–Kier alpha value is -2.42. The quantitative estimate of drug-likeness (QED) is 0.890. The number of hydrogen-bond acceptors (Lipinski definition) is 2. The second kappa shape index (κ2) is 4.45. The first-order valence-electron chi connectivity index (χ1n) is 5.02. The lowest BCUT2D eigenvalue weighted by atomic mass is 10.1. The molecule has 0 radical (unpaired) electrons. The number of hydrogen-bond donors (Lipinski definition) is 1. The number of alkyl halides is 3. The molecule has 0 fully saturated rings. The van der Waals surface area contributed by atoms with Gasteiger partial charge < -0.3 is 0 Å². The molecule has 0 spiro atoms. The molecule has 18 heavy (non-hydrogen) atoms. The van der Waals surface area contributed by atoms with Gasteiger partial charge in [0.2, 0.25) is 0 Å². The highest BCUT2D eigenvalue weighted by Gasteiger charge is 2.33. The summed E-state index contributed by atoms with van der Waals surface area (Å²) >= 11 is 0. The molecule has 0 saturated heterocycles. The molecule has 2 rings (SSSR count). The van der Waals surface area contributed by atoms with Gasteiger partial charge in [-0.3, -0.25) is 10.1 Å². The summed E-state index contributed by atoms with van der Waals surface area (Å²) in [5.41, 5.74) is 1.92. The molecule has 0 atom stereocenters. The number of aromatic nitrogens is 1. The first-order chi connectivity index (χ1) is 8.50.